The number of nitrogens with zero attached hydrogens (tertiary/aromatic N) is 3. The first-order chi connectivity index (χ1) is 12.0. The molecule has 0 saturated carbocycles. The van der Waals surface area contributed by atoms with Crippen molar-refractivity contribution in [2.45, 2.75) is 12.5 Å². The molecule has 0 bridgehead atoms. The smallest absolute Gasteiger partial charge is 0.273 e. The third kappa shape index (κ3) is 3.39. The Morgan fingerprint density at radius 3 is 2.64 bits per heavy atom. The summed E-state index contributed by atoms with van der Waals surface area (Å²) < 4.78 is 13.1. The Balaban J connectivity index is 1.85. The number of primary amides is 1. The van der Waals surface area contributed by atoms with Crippen molar-refractivity contribution in [3.8, 4) is 5.75 Å². The van der Waals surface area contributed by atoms with Gasteiger partial charge in [-0.1, -0.05) is 0 Å². The van der Waals surface area contributed by atoms with Gasteiger partial charge in [-0.2, -0.15) is 5.10 Å². The molecule has 128 valence electrons. The maximum Gasteiger partial charge on any atom is 0.273 e. The topological polar surface area (TPSA) is 121 Å². The fourth-order valence-corrected chi connectivity index (χ4v) is 2.37. The number of halogens is 1. The zero-order valence-electron chi connectivity index (χ0n) is 12.9. The first kappa shape index (κ1) is 16.4. The van der Waals surface area contributed by atoms with Crippen molar-refractivity contribution in [3.63, 3.8) is 0 Å². The molecule has 1 aromatic carbocycles. The Bertz CT molecular complexity index is 853. The van der Waals surface area contributed by atoms with E-state index in [1.165, 1.54) is 47.6 Å². The van der Waals surface area contributed by atoms with Crippen molar-refractivity contribution in [3.05, 3.63) is 48.4 Å². The van der Waals surface area contributed by atoms with E-state index in [4.69, 9.17) is 5.73 Å². The van der Waals surface area contributed by atoms with Crippen molar-refractivity contribution >= 4 is 29.0 Å². The number of rotatable bonds is 4. The summed E-state index contributed by atoms with van der Waals surface area (Å²) in [4.78, 5) is 27.9. The average molecular weight is 343 g/mol. The van der Waals surface area contributed by atoms with Crippen LogP contribution in [0.5, 0.6) is 5.75 Å². The summed E-state index contributed by atoms with van der Waals surface area (Å²) in [5, 5.41) is 17.5. The first-order valence-corrected chi connectivity index (χ1v) is 7.32. The second-order valence-corrected chi connectivity index (χ2v) is 5.32. The van der Waals surface area contributed by atoms with Gasteiger partial charge in [-0.3, -0.25) is 14.6 Å². The van der Waals surface area contributed by atoms with Crippen molar-refractivity contribution in [2.24, 2.45) is 10.8 Å². The van der Waals surface area contributed by atoms with Crippen LogP contribution in [0, 0.1) is 5.82 Å². The van der Waals surface area contributed by atoms with Crippen molar-refractivity contribution < 1.29 is 19.1 Å². The van der Waals surface area contributed by atoms with E-state index in [2.05, 4.69) is 15.4 Å². The molecule has 2 amide bonds. The zero-order valence-corrected chi connectivity index (χ0v) is 12.9. The van der Waals surface area contributed by atoms with Gasteiger partial charge in [0.15, 0.2) is 11.6 Å². The number of aromatic hydroxyl groups is 1. The lowest BCUT2D eigenvalue weighted by atomic mass is 10.1. The van der Waals surface area contributed by atoms with Crippen LogP contribution in [0.4, 0.5) is 15.9 Å². The van der Waals surface area contributed by atoms with Gasteiger partial charge in [-0.15, -0.1) is 0 Å². The normalized spacial score (nSPS) is 16.4. The van der Waals surface area contributed by atoms with E-state index >= 15 is 0 Å². The molecule has 0 unspecified atom stereocenters. The van der Waals surface area contributed by atoms with Gasteiger partial charge in [0, 0.05) is 12.6 Å². The van der Waals surface area contributed by atoms with Crippen LogP contribution in [-0.2, 0) is 9.59 Å². The maximum atomic E-state index is 13.1. The quantitative estimate of drug-likeness (QED) is 0.764. The van der Waals surface area contributed by atoms with E-state index in [-0.39, 0.29) is 23.7 Å². The third-order valence-electron chi connectivity index (χ3n) is 3.61. The highest BCUT2D eigenvalue weighted by Crippen LogP contribution is 2.26. The molecular formula is C16H14FN5O3. The van der Waals surface area contributed by atoms with Crippen LogP contribution in [0.15, 0.2) is 47.7 Å². The van der Waals surface area contributed by atoms with E-state index in [1.54, 1.807) is 0 Å². The molecule has 0 fully saturated rings. The summed E-state index contributed by atoms with van der Waals surface area (Å²) in [6.07, 6.45) is 1.38. The fraction of sp³-hybridized carbons (Fsp3) is 0.125. The van der Waals surface area contributed by atoms with Crippen molar-refractivity contribution in [2.75, 3.05) is 10.3 Å². The third-order valence-corrected chi connectivity index (χ3v) is 3.61. The van der Waals surface area contributed by atoms with Crippen LogP contribution in [0.1, 0.15) is 6.42 Å². The van der Waals surface area contributed by atoms with Gasteiger partial charge in [0.25, 0.3) is 5.91 Å². The number of benzene rings is 1. The molecular weight excluding hydrogens is 329 g/mol. The van der Waals surface area contributed by atoms with Crippen LogP contribution in [-0.4, -0.2) is 33.7 Å². The van der Waals surface area contributed by atoms with Gasteiger partial charge < -0.3 is 16.2 Å². The van der Waals surface area contributed by atoms with E-state index < -0.39 is 23.7 Å². The highest BCUT2D eigenvalue weighted by Gasteiger charge is 2.35. The number of nitrogens with two attached hydrogens (primary N) is 1. The molecule has 3 rings (SSSR count). The molecule has 0 spiro atoms. The number of aromatic nitrogens is 1. The second kappa shape index (κ2) is 6.56. The number of carbonyl (C=O) groups excluding carboxylic acids is 2. The summed E-state index contributed by atoms with van der Waals surface area (Å²) in [5.74, 6) is -1.95. The molecule has 2 heterocycles. The number of hydrogen-bond acceptors (Lipinski definition) is 6. The molecule has 1 aliphatic rings. The van der Waals surface area contributed by atoms with Gasteiger partial charge in [0.2, 0.25) is 5.91 Å². The Hall–Kier alpha value is -3.49. The van der Waals surface area contributed by atoms with Crippen LogP contribution >= 0.6 is 0 Å². The number of pyridine rings is 1. The molecule has 0 aliphatic carbocycles. The summed E-state index contributed by atoms with van der Waals surface area (Å²) in [6.45, 7) is 0. The van der Waals surface area contributed by atoms with Gasteiger partial charge in [-0.25, -0.2) is 9.37 Å². The summed E-state index contributed by atoms with van der Waals surface area (Å²) in [7, 11) is 0. The van der Waals surface area contributed by atoms with Crippen LogP contribution < -0.4 is 16.1 Å². The molecule has 1 atom stereocenters. The number of hydrogen-bond donors (Lipinski definition) is 3. The molecule has 9 heteroatoms. The number of amides is 2. The van der Waals surface area contributed by atoms with E-state index in [0.717, 1.165) is 0 Å². The number of carbonyl (C=O) groups is 2. The Kier molecular flexibility index (Phi) is 4.29. The highest BCUT2D eigenvalue weighted by molar-refractivity contribution is 6.44. The van der Waals surface area contributed by atoms with Gasteiger partial charge in [0.05, 0.1) is 5.69 Å². The number of nitrogens with one attached hydrogen (secondary N) is 1. The van der Waals surface area contributed by atoms with Crippen LogP contribution in [0.25, 0.3) is 0 Å². The second-order valence-electron chi connectivity index (χ2n) is 5.32. The predicted octanol–water partition coefficient (Wildman–Crippen LogP) is 0.985. The molecule has 1 aliphatic heterocycles. The molecule has 4 N–H and O–H groups in total. The SMILES string of the molecule is NC(=O)[C@H]1CC(C(=O)Nc2ncccc2O)=NN1c1ccc(F)cc1. The molecule has 2 aromatic rings. The van der Waals surface area contributed by atoms with E-state index in [0.29, 0.717) is 5.69 Å². The molecule has 1 aromatic heterocycles. The fourth-order valence-electron chi connectivity index (χ4n) is 2.37. The van der Waals surface area contributed by atoms with Crippen molar-refractivity contribution in [1.29, 1.82) is 0 Å². The Labute approximate surface area is 141 Å². The molecule has 25 heavy (non-hydrogen) atoms. The maximum absolute atomic E-state index is 13.1. The number of hydrazone groups is 1. The van der Waals surface area contributed by atoms with Crippen molar-refractivity contribution in [1.82, 2.24) is 4.98 Å². The number of anilines is 2. The Morgan fingerprint density at radius 2 is 2.00 bits per heavy atom. The Morgan fingerprint density at radius 1 is 1.28 bits per heavy atom. The standard InChI is InChI=1S/C16H14FN5O3/c17-9-3-5-10(6-4-9)22-12(14(18)24)8-11(21-22)16(25)20-15-13(23)2-1-7-19-15/h1-7,12,23H,8H2,(H2,18,24)(H,19,20,25)/t12-/m1/s1. The van der Waals surface area contributed by atoms with Crippen LogP contribution in [0.3, 0.4) is 0 Å². The van der Waals surface area contributed by atoms with E-state index in [1.807, 2.05) is 0 Å². The largest absolute Gasteiger partial charge is 0.504 e. The monoisotopic (exact) mass is 343 g/mol. The first-order valence-electron chi connectivity index (χ1n) is 7.32. The van der Waals surface area contributed by atoms with Gasteiger partial charge >= 0.3 is 0 Å². The van der Waals surface area contributed by atoms with E-state index in [9.17, 15) is 19.1 Å². The summed E-state index contributed by atoms with van der Waals surface area (Å²) in [6, 6.07) is 7.30. The average Bonchev–Trinajstić information content (AvgIpc) is 3.03. The minimum Gasteiger partial charge on any atom is -0.504 e. The minimum atomic E-state index is -0.872. The van der Waals surface area contributed by atoms with Gasteiger partial charge in [0.1, 0.15) is 17.6 Å². The summed E-state index contributed by atoms with van der Waals surface area (Å²) >= 11 is 0. The lowest BCUT2D eigenvalue weighted by Gasteiger charge is -2.20. The lowest BCUT2D eigenvalue weighted by Crippen LogP contribution is -2.39. The molecule has 0 saturated heterocycles. The minimum absolute atomic E-state index is 0.0217. The molecule has 0 radical (unpaired) electrons. The lowest BCUT2D eigenvalue weighted by molar-refractivity contribution is -0.119. The predicted molar refractivity (Wildman–Crippen MR) is 88.4 cm³/mol. The molecule has 8 nitrogen and oxygen atoms in total. The summed E-state index contributed by atoms with van der Waals surface area (Å²) in [5.41, 5.74) is 5.85. The zero-order chi connectivity index (χ0) is 18.0. The van der Waals surface area contributed by atoms with Crippen LogP contribution in [0.2, 0.25) is 0 Å². The highest BCUT2D eigenvalue weighted by atomic mass is 19.1. The van der Waals surface area contributed by atoms with Gasteiger partial charge in [-0.05, 0) is 36.4 Å².